The molecule has 0 spiro atoms. The van der Waals surface area contributed by atoms with E-state index < -0.39 is 0 Å². The fourth-order valence-corrected chi connectivity index (χ4v) is 1.41. The highest BCUT2D eigenvalue weighted by molar-refractivity contribution is 6.31. The van der Waals surface area contributed by atoms with E-state index in [1.165, 1.54) is 13.4 Å². The SMILES string of the molecule is COc1c(Cl)ncnc1-c1ccc[nH]1. The summed E-state index contributed by atoms with van der Waals surface area (Å²) in [6, 6.07) is 3.77. The van der Waals surface area contributed by atoms with Crippen LogP contribution in [0.5, 0.6) is 5.75 Å². The maximum Gasteiger partial charge on any atom is 0.184 e. The van der Waals surface area contributed by atoms with Crippen LogP contribution in [0.15, 0.2) is 24.7 Å². The standard InChI is InChI=1S/C9H8ClN3O/c1-14-8-7(6-3-2-4-11-6)12-5-13-9(8)10/h2-5,11H,1H3. The van der Waals surface area contributed by atoms with Gasteiger partial charge < -0.3 is 9.72 Å². The van der Waals surface area contributed by atoms with Gasteiger partial charge in [0.15, 0.2) is 10.9 Å². The van der Waals surface area contributed by atoms with Gasteiger partial charge in [-0.25, -0.2) is 9.97 Å². The largest absolute Gasteiger partial charge is 0.491 e. The molecule has 0 saturated carbocycles. The Morgan fingerprint density at radius 3 is 2.93 bits per heavy atom. The number of rotatable bonds is 2. The van der Waals surface area contributed by atoms with Gasteiger partial charge in [-0.3, -0.25) is 0 Å². The highest BCUT2D eigenvalue weighted by Crippen LogP contribution is 2.31. The monoisotopic (exact) mass is 209 g/mol. The Bertz CT molecular complexity index is 428. The summed E-state index contributed by atoms with van der Waals surface area (Å²) >= 11 is 5.86. The predicted molar refractivity (Wildman–Crippen MR) is 53.4 cm³/mol. The molecule has 1 N–H and O–H groups in total. The molecule has 2 rings (SSSR count). The van der Waals surface area contributed by atoms with Crippen LogP contribution in [0.1, 0.15) is 0 Å². The third kappa shape index (κ3) is 1.44. The molecule has 5 heteroatoms. The first kappa shape index (κ1) is 9.02. The van der Waals surface area contributed by atoms with Gasteiger partial charge in [0.1, 0.15) is 12.0 Å². The molecule has 2 aromatic heterocycles. The van der Waals surface area contributed by atoms with Crippen LogP contribution in [0.4, 0.5) is 0 Å². The molecular weight excluding hydrogens is 202 g/mol. The molecule has 2 heterocycles. The molecule has 0 bridgehead atoms. The predicted octanol–water partition coefficient (Wildman–Crippen LogP) is 2.13. The zero-order chi connectivity index (χ0) is 9.97. The van der Waals surface area contributed by atoms with Crippen molar-refractivity contribution in [2.45, 2.75) is 0 Å². The van der Waals surface area contributed by atoms with E-state index in [0.717, 1.165) is 5.69 Å². The fraction of sp³-hybridized carbons (Fsp3) is 0.111. The van der Waals surface area contributed by atoms with E-state index in [0.29, 0.717) is 16.6 Å². The molecule has 4 nitrogen and oxygen atoms in total. The van der Waals surface area contributed by atoms with Crippen molar-refractivity contribution < 1.29 is 4.74 Å². The Labute approximate surface area is 85.9 Å². The molecule has 0 radical (unpaired) electrons. The Balaban J connectivity index is 2.58. The lowest BCUT2D eigenvalue weighted by Crippen LogP contribution is -1.94. The summed E-state index contributed by atoms with van der Waals surface area (Å²) in [7, 11) is 1.54. The molecule has 0 aliphatic rings. The number of H-pyrrole nitrogens is 1. The Hall–Kier alpha value is -1.55. The van der Waals surface area contributed by atoms with Crippen molar-refractivity contribution >= 4 is 11.6 Å². The van der Waals surface area contributed by atoms with Crippen LogP contribution in [0.2, 0.25) is 5.15 Å². The molecule has 14 heavy (non-hydrogen) atoms. The minimum Gasteiger partial charge on any atom is -0.491 e. The van der Waals surface area contributed by atoms with Crippen LogP contribution in [0, 0.1) is 0 Å². The van der Waals surface area contributed by atoms with Crippen molar-refractivity contribution in [2.75, 3.05) is 7.11 Å². The number of methoxy groups -OCH3 is 1. The van der Waals surface area contributed by atoms with Gasteiger partial charge in [0.25, 0.3) is 0 Å². The first-order valence-corrected chi connectivity index (χ1v) is 4.39. The van der Waals surface area contributed by atoms with E-state index in [9.17, 15) is 0 Å². The van der Waals surface area contributed by atoms with Crippen molar-refractivity contribution in [3.05, 3.63) is 29.8 Å². The van der Waals surface area contributed by atoms with Gasteiger partial charge in [-0.05, 0) is 12.1 Å². The molecule has 0 aliphatic carbocycles. The quantitative estimate of drug-likeness (QED) is 0.771. The third-order valence-corrected chi connectivity index (χ3v) is 2.09. The summed E-state index contributed by atoms with van der Waals surface area (Å²) in [6.45, 7) is 0. The molecule has 0 fully saturated rings. The first-order chi connectivity index (χ1) is 6.83. The molecule has 72 valence electrons. The molecular formula is C9H8ClN3O. The van der Waals surface area contributed by atoms with Gasteiger partial charge in [0.05, 0.1) is 12.8 Å². The second-order valence-electron chi connectivity index (χ2n) is 2.63. The van der Waals surface area contributed by atoms with Crippen LogP contribution in [0.3, 0.4) is 0 Å². The lowest BCUT2D eigenvalue weighted by molar-refractivity contribution is 0.413. The second-order valence-corrected chi connectivity index (χ2v) is 2.99. The van der Waals surface area contributed by atoms with Gasteiger partial charge in [0.2, 0.25) is 0 Å². The van der Waals surface area contributed by atoms with Gasteiger partial charge in [-0.1, -0.05) is 11.6 Å². The van der Waals surface area contributed by atoms with Crippen LogP contribution < -0.4 is 4.74 Å². The maximum atomic E-state index is 5.86. The van der Waals surface area contributed by atoms with E-state index in [2.05, 4.69) is 15.0 Å². The number of ether oxygens (including phenoxy) is 1. The van der Waals surface area contributed by atoms with Crippen LogP contribution in [-0.4, -0.2) is 22.1 Å². The topological polar surface area (TPSA) is 50.8 Å². The van der Waals surface area contributed by atoms with E-state index in [4.69, 9.17) is 16.3 Å². The summed E-state index contributed by atoms with van der Waals surface area (Å²) in [4.78, 5) is 11.0. The minimum atomic E-state index is 0.312. The summed E-state index contributed by atoms with van der Waals surface area (Å²) < 4.78 is 5.12. The van der Waals surface area contributed by atoms with Crippen LogP contribution >= 0.6 is 11.6 Å². The number of halogens is 1. The number of nitrogens with one attached hydrogen (secondary N) is 1. The normalized spacial score (nSPS) is 10.1. The van der Waals surface area contributed by atoms with Crippen molar-refractivity contribution in [3.63, 3.8) is 0 Å². The van der Waals surface area contributed by atoms with Crippen molar-refractivity contribution in [1.29, 1.82) is 0 Å². The second kappa shape index (κ2) is 3.67. The summed E-state index contributed by atoms with van der Waals surface area (Å²) in [6.07, 6.45) is 3.21. The number of hydrogen-bond donors (Lipinski definition) is 1. The molecule has 0 atom stereocenters. The maximum absolute atomic E-state index is 5.86. The summed E-state index contributed by atoms with van der Waals surface area (Å²) in [5.41, 5.74) is 1.52. The minimum absolute atomic E-state index is 0.312. The lowest BCUT2D eigenvalue weighted by atomic mass is 10.3. The first-order valence-electron chi connectivity index (χ1n) is 4.01. The number of nitrogens with zero attached hydrogens (tertiary/aromatic N) is 2. The van der Waals surface area contributed by atoms with Crippen LogP contribution in [0.25, 0.3) is 11.4 Å². The number of aromatic nitrogens is 3. The van der Waals surface area contributed by atoms with Gasteiger partial charge in [-0.2, -0.15) is 0 Å². The fourth-order valence-electron chi connectivity index (χ4n) is 1.20. The zero-order valence-electron chi connectivity index (χ0n) is 7.49. The highest BCUT2D eigenvalue weighted by atomic mass is 35.5. The van der Waals surface area contributed by atoms with E-state index >= 15 is 0 Å². The smallest absolute Gasteiger partial charge is 0.184 e. The van der Waals surface area contributed by atoms with Gasteiger partial charge >= 0.3 is 0 Å². The molecule has 0 unspecified atom stereocenters. The van der Waals surface area contributed by atoms with E-state index in [-0.39, 0.29) is 0 Å². The Kier molecular flexibility index (Phi) is 2.37. The van der Waals surface area contributed by atoms with Gasteiger partial charge in [0, 0.05) is 6.20 Å². The van der Waals surface area contributed by atoms with Crippen molar-refractivity contribution in [2.24, 2.45) is 0 Å². The third-order valence-electron chi connectivity index (χ3n) is 1.82. The Morgan fingerprint density at radius 1 is 1.43 bits per heavy atom. The van der Waals surface area contributed by atoms with Crippen LogP contribution in [-0.2, 0) is 0 Å². The van der Waals surface area contributed by atoms with E-state index in [1.54, 1.807) is 0 Å². The lowest BCUT2D eigenvalue weighted by Gasteiger charge is -2.05. The molecule has 0 aliphatic heterocycles. The van der Waals surface area contributed by atoms with Gasteiger partial charge in [-0.15, -0.1) is 0 Å². The number of aromatic amines is 1. The summed E-state index contributed by atoms with van der Waals surface area (Å²) in [5, 5.41) is 0.312. The molecule has 0 saturated heterocycles. The van der Waals surface area contributed by atoms with Crippen molar-refractivity contribution in [1.82, 2.24) is 15.0 Å². The Morgan fingerprint density at radius 2 is 2.29 bits per heavy atom. The summed E-state index contributed by atoms with van der Waals surface area (Å²) in [5.74, 6) is 0.483. The van der Waals surface area contributed by atoms with Crippen molar-refractivity contribution in [3.8, 4) is 17.1 Å². The average Bonchev–Trinajstić information content (AvgIpc) is 2.70. The van der Waals surface area contributed by atoms with E-state index in [1.807, 2.05) is 18.3 Å². The molecule has 0 aromatic carbocycles. The molecule has 2 aromatic rings. The highest BCUT2D eigenvalue weighted by Gasteiger charge is 2.12. The average molecular weight is 210 g/mol. The number of hydrogen-bond acceptors (Lipinski definition) is 3. The molecule has 0 amide bonds. The zero-order valence-corrected chi connectivity index (χ0v) is 8.25.